The molecule has 0 heterocycles. The van der Waals surface area contributed by atoms with Crippen LogP contribution in [0.2, 0.25) is 0 Å². The third kappa shape index (κ3) is 3.74. The first-order valence-electron chi connectivity index (χ1n) is 12.4. The van der Waals surface area contributed by atoms with Gasteiger partial charge in [0.2, 0.25) is 0 Å². The third-order valence-corrected chi connectivity index (χ3v) is 10.7. The maximum atomic E-state index is 12.7. The lowest BCUT2D eigenvalue weighted by Crippen LogP contribution is -2.54. The zero-order valence-corrected chi connectivity index (χ0v) is 18.9. The van der Waals surface area contributed by atoms with E-state index in [0.29, 0.717) is 29.6 Å². The van der Waals surface area contributed by atoms with Crippen molar-refractivity contribution >= 4 is 0 Å². The number of hydrogen-bond acceptors (Lipinski definition) is 2. The molecule has 30 heavy (non-hydrogen) atoms. The van der Waals surface area contributed by atoms with Gasteiger partial charge < -0.3 is 10.2 Å². The fourth-order valence-electron chi connectivity index (χ4n) is 9.00. The molecule has 0 bridgehead atoms. The number of aliphatic hydroxyl groups excluding tert-OH is 2. The van der Waals surface area contributed by atoms with E-state index in [0.717, 1.165) is 37.5 Å². The molecule has 0 aliphatic heterocycles. The lowest BCUT2D eigenvalue weighted by atomic mass is 9.44. The van der Waals surface area contributed by atoms with Gasteiger partial charge >= 0.3 is 6.18 Å². The number of rotatable bonds is 4. The van der Waals surface area contributed by atoms with Crippen molar-refractivity contribution in [2.75, 3.05) is 0 Å². The highest BCUT2D eigenvalue weighted by Crippen LogP contribution is 2.68. The first kappa shape index (κ1) is 22.9. The fraction of sp³-hybridized carbons (Fsp3) is 1.00. The first-order valence-corrected chi connectivity index (χ1v) is 12.4. The molecule has 0 radical (unpaired) electrons. The number of aliphatic hydroxyl groups is 2. The summed E-state index contributed by atoms with van der Waals surface area (Å²) in [5.74, 6) is 3.56. The molecule has 0 unspecified atom stereocenters. The Labute approximate surface area is 180 Å². The van der Waals surface area contributed by atoms with Crippen LogP contribution in [0.5, 0.6) is 0 Å². The average Bonchev–Trinajstić information content (AvgIpc) is 3.03. The molecule has 4 rings (SSSR count). The Bertz CT molecular complexity index is 622. The quantitative estimate of drug-likeness (QED) is 0.546. The van der Waals surface area contributed by atoms with Gasteiger partial charge in [0.15, 0.2) is 0 Å². The van der Waals surface area contributed by atoms with Crippen LogP contribution in [0.4, 0.5) is 13.2 Å². The minimum atomic E-state index is -4.50. The van der Waals surface area contributed by atoms with E-state index in [9.17, 15) is 23.4 Å². The monoisotopic (exact) mass is 430 g/mol. The zero-order valence-electron chi connectivity index (χ0n) is 18.9. The van der Waals surface area contributed by atoms with Gasteiger partial charge in [0.1, 0.15) is 6.10 Å². The van der Waals surface area contributed by atoms with Crippen molar-refractivity contribution in [3.8, 4) is 0 Å². The van der Waals surface area contributed by atoms with Crippen molar-refractivity contribution in [3.63, 3.8) is 0 Å². The van der Waals surface area contributed by atoms with Gasteiger partial charge in [0, 0.05) is 0 Å². The van der Waals surface area contributed by atoms with Crippen molar-refractivity contribution in [1.82, 2.24) is 0 Å². The van der Waals surface area contributed by atoms with Crippen molar-refractivity contribution in [2.45, 2.75) is 110 Å². The van der Waals surface area contributed by atoms with Crippen molar-refractivity contribution in [2.24, 2.45) is 46.3 Å². The van der Waals surface area contributed by atoms with Crippen LogP contribution in [-0.4, -0.2) is 28.6 Å². The Morgan fingerprint density at radius 2 is 1.57 bits per heavy atom. The smallest absolute Gasteiger partial charge is 0.393 e. The van der Waals surface area contributed by atoms with Crippen molar-refractivity contribution in [3.05, 3.63) is 0 Å². The summed E-state index contributed by atoms with van der Waals surface area (Å²) >= 11 is 0. The van der Waals surface area contributed by atoms with E-state index in [1.54, 1.807) is 0 Å². The second kappa shape index (κ2) is 7.93. The summed E-state index contributed by atoms with van der Waals surface area (Å²) in [6.45, 7) is 7.05. The zero-order chi connectivity index (χ0) is 21.9. The molecule has 4 aliphatic carbocycles. The van der Waals surface area contributed by atoms with Gasteiger partial charge in [-0.15, -0.1) is 0 Å². The van der Waals surface area contributed by atoms with Gasteiger partial charge in [0.05, 0.1) is 6.10 Å². The molecule has 4 aliphatic rings. The number of fused-ring (bicyclic) bond motifs is 5. The van der Waals surface area contributed by atoms with Gasteiger partial charge in [-0.05, 0) is 117 Å². The Morgan fingerprint density at radius 1 is 0.900 bits per heavy atom. The molecule has 0 aromatic carbocycles. The highest BCUT2D eigenvalue weighted by atomic mass is 19.4. The summed E-state index contributed by atoms with van der Waals surface area (Å²) in [6, 6.07) is 0. The number of alkyl halides is 3. The highest BCUT2D eigenvalue weighted by Gasteiger charge is 2.60. The van der Waals surface area contributed by atoms with E-state index in [1.165, 1.54) is 32.1 Å². The second-order valence-electron chi connectivity index (χ2n) is 11.9. The summed E-state index contributed by atoms with van der Waals surface area (Å²) in [5.41, 5.74) is 0.602. The van der Waals surface area contributed by atoms with E-state index in [-0.39, 0.29) is 23.9 Å². The third-order valence-electron chi connectivity index (χ3n) is 10.7. The van der Waals surface area contributed by atoms with Crippen LogP contribution in [0, 0.1) is 46.3 Å². The van der Waals surface area contributed by atoms with E-state index in [1.807, 2.05) is 0 Å². The number of halogens is 3. The minimum Gasteiger partial charge on any atom is -0.393 e. The predicted octanol–water partition coefficient (Wildman–Crippen LogP) is 6.35. The Kier molecular flexibility index (Phi) is 6.05. The van der Waals surface area contributed by atoms with Crippen LogP contribution >= 0.6 is 0 Å². The molecule has 0 aromatic heterocycles. The highest BCUT2D eigenvalue weighted by molar-refractivity contribution is 5.09. The topological polar surface area (TPSA) is 40.5 Å². The molecule has 2 N–H and O–H groups in total. The van der Waals surface area contributed by atoms with Crippen LogP contribution in [0.15, 0.2) is 0 Å². The molecule has 4 fully saturated rings. The van der Waals surface area contributed by atoms with Gasteiger partial charge in [0.25, 0.3) is 0 Å². The summed E-state index contributed by atoms with van der Waals surface area (Å²) in [4.78, 5) is 0. The molecule has 4 saturated carbocycles. The van der Waals surface area contributed by atoms with Crippen LogP contribution in [0.3, 0.4) is 0 Å². The van der Waals surface area contributed by atoms with Gasteiger partial charge in [-0.2, -0.15) is 13.2 Å². The molecule has 0 saturated heterocycles. The molecule has 174 valence electrons. The van der Waals surface area contributed by atoms with E-state index < -0.39 is 12.3 Å². The van der Waals surface area contributed by atoms with Crippen molar-refractivity contribution < 1.29 is 23.4 Å². The summed E-state index contributed by atoms with van der Waals surface area (Å²) in [6.07, 6.45) is 3.86. The van der Waals surface area contributed by atoms with Gasteiger partial charge in [-0.25, -0.2) is 0 Å². The summed E-state index contributed by atoms with van der Waals surface area (Å²) in [5, 5.41) is 19.6. The SMILES string of the molecule is C[C@H](CC[C@H](O)C(F)(F)F)[C@H]1CC[C@H]2[C@@H]3CC[C@H]4C[C@@H](O)CC[C@]4(C)[C@H]3CC[C@]12C. The lowest BCUT2D eigenvalue weighted by Gasteiger charge is -2.61. The molecular weight excluding hydrogens is 389 g/mol. The molecule has 0 amide bonds. The predicted molar refractivity (Wildman–Crippen MR) is 112 cm³/mol. The Balaban J connectivity index is 1.45. The molecule has 2 nitrogen and oxygen atoms in total. The Morgan fingerprint density at radius 3 is 2.27 bits per heavy atom. The lowest BCUT2D eigenvalue weighted by molar-refractivity contribution is -0.206. The molecule has 0 aromatic rings. The van der Waals surface area contributed by atoms with Crippen LogP contribution < -0.4 is 0 Å². The summed E-state index contributed by atoms with van der Waals surface area (Å²) < 4.78 is 38.2. The van der Waals surface area contributed by atoms with Gasteiger partial charge in [-0.3, -0.25) is 0 Å². The van der Waals surface area contributed by atoms with Crippen molar-refractivity contribution in [1.29, 1.82) is 0 Å². The van der Waals surface area contributed by atoms with E-state index >= 15 is 0 Å². The van der Waals surface area contributed by atoms with Gasteiger partial charge in [-0.1, -0.05) is 20.8 Å². The summed E-state index contributed by atoms with van der Waals surface area (Å²) in [7, 11) is 0. The molecule has 5 heteroatoms. The maximum absolute atomic E-state index is 12.7. The van der Waals surface area contributed by atoms with Crippen LogP contribution in [0.1, 0.15) is 91.4 Å². The fourth-order valence-corrected chi connectivity index (χ4v) is 9.00. The average molecular weight is 431 g/mol. The number of hydrogen-bond donors (Lipinski definition) is 2. The molecule has 0 spiro atoms. The molecular formula is C25H41F3O2. The first-order chi connectivity index (χ1) is 14.0. The largest absolute Gasteiger partial charge is 0.414 e. The standard InChI is InChI=1S/C25H41F3O2/c1-15(4-9-22(30)25(26,27)28)19-7-8-20-18-6-5-16-14-17(29)10-12-23(16,2)21(18)11-13-24(19,20)3/h15-22,29-30H,4-14H2,1-3H3/t15-,16+,17+,18+,19-,20+,21+,22+,23+,24-/m1/s1. The van der Waals surface area contributed by atoms with E-state index in [2.05, 4.69) is 20.8 Å². The maximum Gasteiger partial charge on any atom is 0.414 e. The van der Waals surface area contributed by atoms with E-state index in [4.69, 9.17) is 0 Å². The minimum absolute atomic E-state index is 0.114. The normalized spacial score (nSPS) is 48.4. The van der Waals surface area contributed by atoms with Crippen LogP contribution in [0.25, 0.3) is 0 Å². The van der Waals surface area contributed by atoms with Crippen LogP contribution in [-0.2, 0) is 0 Å². The Hall–Kier alpha value is -0.290. The molecule has 10 atom stereocenters. The second-order valence-corrected chi connectivity index (χ2v) is 11.9.